The van der Waals surface area contributed by atoms with Gasteiger partial charge < -0.3 is 10.1 Å². The maximum Gasteiger partial charge on any atom is 0.349 e. The van der Waals surface area contributed by atoms with Crippen LogP contribution in [0, 0.1) is 5.92 Å². The molecule has 138 valence electrons. The Labute approximate surface area is 154 Å². The van der Waals surface area contributed by atoms with Crippen molar-refractivity contribution >= 4 is 23.2 Å². The molecular formula is C20H29NO3S. The van der Waals surface area contributed by atoms with Crippen LogP contribution in [0.15, 0.2) is 6.07 Å². The van der Waals surface area contributed by atoms with Crippen molar-refractivity contribution in [1.29, 1.82) is 0 Å². The fourth-order valence-electron chi connectivity index (χ4n) is 3.82. The molecule has 0 radical (unpaired) electrons. The Hall–Kier alpha value is -1.36. The Kier molecular flexibility index (Phi) is 6.51. The number of thiophene rings is 1. The number of carbonyl (C=O) groups excluding carboxylic acids is 2. The van der Waals surface area contributed by atoms with Gasteiger partial charge >= 0.3 is 5.97 Å². The Bertz CT molecular complexity index is 581. The molecule has 25 heavy (non-hydrogen) atoms. The van der Waals surface area contributed by atoms with E-state index >= 15 is 0 Å². The van der Waals surface area contributed by atoms with Crippen molar-refractivity contribution in [3.8, 4) is 0 Å². The number of fused-ring (bicyclic) bond motifs is 1. The molecule has 0 spiro atoms. The summed E-state index contributed by atoms with van der Waals surface area (Å²) in [7, 11) is 0. The third kappa shape index (κ3) is 5.06. The number of amides is 1. The number of hydrogen-bond donors (Lipinski definition) is 1. The standard InChI is InChI=1S/C20H29NO3S/c1-14(19(22)21-13-15-8-4-2-5-9-15)24-20(23)18-12-16-10-6-3-7-11-17(16)25-18/h12,14-15H,2-11,13H2,1H3,(H,21,22)/t14-/m0/s1. The molecule has 1 amide bonds. The van der Waals surface area contributed by atoms with Crippen LogP contribution in [-0.4, -0.2) is 24.5 Å². The molecule has 3 rings (SSSR count). The SMILES string of the molecule is C[C@H](OC(=O)c1cc2c(s1)CCCCC2)C(=O)NCC1CCCCC1. The highest BCUT2D eigenvalue weighted by Gasteiger charge is 2.23. The van der Waals surface area contributed by atoms with E-state index in [-0.39, 0.29) is 11.9 Å². The maximum atomic E-state index is 12.4. The molecule has 1 heterocycles. The molecule has 2 aliphatic rings. The van der Waals surface area contributed by atoms with E-state index < -0.39 is 6.10 Å². The van der Waals surface area contributed by atoms with Crippen molar-refractivity contribution in [3.63, 3.8) is 0 Å². The molecule has 1 aromatic heterocycles. The predicted octanol–water partition coefficient (Wildman–Crippen LogP) is 4.26. The predicted molar refractivity (Wildman–Crippen MR) is 100 cm³/mol. The third-order valence-electron chi connectivity index (χ3n) is 5.39. The molecule has 1 N–H and O–H groups in total. The van der Waals surface area contributed by atoms with Crippen LogP contribution in [0.2, 0.25) is 0 Å². The molecule has 1 fully saturated rings. The lowest BCUT2D eigenvalue weighted by atomic mass is 9.89. The van der Waals surface area contributed by atoms with E-state index in [1.165, 1.54) is 61.8 Å². The molecule has 0 unspecified atom stereocenters. The highest BCUT2D eigenvalue weighted by Crippen LogP contribution is 2.29. The number of aryl methyl sites for hydroxylation is 2. The second kappa shape index (κ2) is 8.84. The minimum atomic E-state index is -0.738. The number of carbonyl (C=O) groups is 2. The van der Waals surface area contributed by atoms with Crippen molar-refractivity contribution in [2.75, 3.05) is 6.54 Å². The van der Waals surface area contributed by atoms with Gasteiger partial charge in [0.05, 0.1) is 0 Å². The molecular weight excluding hydrogens is 334 g/mol. The number of rotatable bonds is 5. The summed E-state index contributed by atoms with van der Waals surface area (Å²) < 4.78 is 5.41. The fraction of sp³-hybridized carbons (Fsp3) is 0.700. The van der Waals surface area contributed by atoms with Gasteiger partial charge in [-0.15, -0.1) is 11.3 Å². The van der Waals surface area contributed by atoms with E-state index in [0.29, 0.717) is 17.3 Å². The highest BCUT2D eigenvalue weighted by atomic mass is 32.1. The summed E-state index contributed by atoms with van der Waals surface area (Å²) in [5, 5.41) is 2.95. The smallest absolute Gasteiger partial charge is 0.349 e. The minimum absolute atomic E-state index is 0.183. The van der Waals surface area contributed by atoms with Gasteiger partial charge in [-0.05, 0) is 63.0 Å². The first-order valence-corrected chi connectivity index (χ1v) is 10.6. The molecule has 0 aromatic carbocycles. The number of esters is 1. The van der Waals surface area contributed by atoms with Gasteiger partial charge in [-0.1, -0.05) is 25.7 Å². The van der Waals surface area contributed by atoms with Crippen LogP contribution in [0.4, 0.5) is 0 Å². The van der Waals surface area contributed by atoms with E-state index in [9.17, 15) is 9.59 Å². The summed E-state index contributed by atoms with van der Waals surface area (Å²) in [6, 6.07) is 1.97. The average Bonchev–Trinajstić information content (AvgIpc) is 2.91. The molecule has 1 atom stereocenters. The summed E-state index contributed by atoms with van der Waals surface area (Å²) in [5.74, 6) is 0.0315. The molecule has 0 bridgehead atoms. The van der Waals surface area contributed by atoms with Crippen LogP contribution >= 0.6 is 11.3 Å². The first-order chi connectivity index (χ1) is 12.1. The summed E-state index contributed by atoms with van der Waals surface area (Å²) in [6.45, 7) is 2.36. The third-order valence-corrected chi connectivity index (χ3v) is 6.61. The van der Waals surface area contributed by atoms with Crippen molar-refractivity contribution in [2.45, 2.75) is 77.2 Å². The van der Waals surface area contributed by atoms with Gasteiger partial charge in [-0.2, -0.15) is 0 Å². The molecule has 2 aliphatic carbocycles. The van der Waals surface area contributed by atoms with Gasteiger partial charge in [-0.3, -0.25) is 4.79 Å². The van der Waals surface area contributed by atoms with Gasteiger partial charge in [0, 0.05) is 11.4 Å². The molecule has 4 nitrogen and oxygen atoms in total. The van der Waals surface area contributed by atoms with Crippen molar-refractivity contribution in [3.05, 3.63) is 21.4 Å². The maximum absolute atomic E-state index is 12.4. The summed E-state index contributed by atoms with van der Waals surface area (Å²) in [4.78, 5) is 26.5. The van der Waals surface area contributed by atoms with Gasteiger partial charge in [0.25, 0.3) is 5.91 Å². The first-order valence-electron chi connectivity index (χ1n) is 9.74. The van der Waals surface area contributed by atoms with Gasteiger partial charge in [0.2, 0.25) is 0 Å². The van der Waals surface area contributed by atoms with Crippen LogP contribution in [0.1, 0.15) is 78.4 Å². The zero-order valence-electron chi connectivity index (χ0n) is 15.1. The lowest BCUT2D eigenvalue weighted by Gasteiger charge is -2.22. The second-order valence-corrected chi connectivity index (χ2v) is 8.55. The Morgan fingerprint density at radius 1 is 1.16 bits per heavy atom. The normalized spacial score (nSPS) is 19.6. The quantitative estimate of drug-likeness (QED) is 0.628. The highest BCUT2D eigenvalue weighted by molar-refractivity contribution is 7.14. The van der Waals surface area contributed by atoms with E-state index in [2.05, 4.69) is 5.32 Å². The lowest BCUT2D eigenvalue weighted by Crippen LogP contribution is -2.38. The van der Waals surface area contributed by atoms with E-state index in [0.717, 1.165) is 12.8 Å². The molecule has 1 aromatic rings. The topological polar surface area (TPSA) is 55.4 Å². The summed E-state index contributed by atoms with van der Waals surface area (Å²) in [6.07, 6.45) is 11.2. The van der Waals surface area contributed by atoms with Gasteiger partial charge in [0.15, 0.2) is 6.10 Å². The van der Waals surface area contributed by atoms with Gasteiger partial charge in [-0.25, -0.2) is 4.79 Å². The van der Waals surface area contributed by atoms with Crippen LogP contribution in [0.5, 0.6) is 0 Å². The second-order valence-electron chi connectivity index (χ2n) is 7.42. The Morgan fingerprint density at radius 3 is 2.68 bits per heavy atom. The van der Waals surface area contributed by atoms with Crippen molar-refractivity contribution in [2.24, 2.45) is 5.92 Å². The number of hydrogen-bond acceptors (Lipinski definition) is 4. The Morgan fingerprint density at radius 2 is 1.88 bits per heavy atom. The minimum Gasteiger partial charge on any atom is -0.448 e. The fourth-order valence-corrected chi connectivity index (χ4v) is 4.96. The zero-order valence-corrected chi connectivity index (χ0v) is 16.0. The zero-order chi connectivity index (χ0) is 17.6. The Balaban J connectivity index is 1.48. The van der Waals surface area contributed by atoms with E-state index in [1.807, 2.05) is 6.07 Å². The van der Waals surface area contributed by atoms with Crippen molar-refractivity contribution in [1.82, 2.24) is 5.32 Å². The van der Waals surface area contributed by atoms with Crippen LogP contribution < -0.4 is 5.32 Å². The van der Waals surface area contributed by atoms with E-state index in [4.69, 9.17) is 4.74 Å². The number of nitrogens with one attached hydrogen (secondary N) is 1. The van der Waals surface area contributed by atoms with Crippen molar-refractivity contribution < 1.29 is 14.3 Å². The molecule has 0 aliphatic heterocycles. The first kappa shape index (κ1) is 18.4. The monoisotopic (exact) mass is 363 g/mol. The molecule has 1 saturated carbocycles. The lowest BCUT2D eigenvalue weighted by molar-refractivity contribution is -0.129. The molecule has 0 saturated heterocycles. The van der Waals surface area contributed by atoms with Gasteiger partial charge in [0.1, 0.15) is 4.88 Å². The average molecular weight is 364 g/mol. The largest absolute Gasteiger partial charge is 0.448 e. The van der Waals surface area contributed by atoms with Crippen LogP contribution in [-0.2, 0) is 22.4 Å². The van der Waals surface area contributed by atoms with Crippen LogP contribution in [0.25, 0.3) is 0 Å². The number of ether oxygens (including phenoxy) is 1. The van der Waals surface area contributed by atoms with E-state index in [1.54, 1.807) is 18.3 Å². The van der Waals surface area contributed by atoms with Crippen LogP contribution in [0.3, 0.4) is 0 Å². The summed E-state index contributed by atoms with van der Waals surface area (Å²) in [5.41, 5.74) is 1.30. The molecule has 5 heteroatoms. The summed E-state index contributed by atoms with van der Waals surface area (Å²) >= 11 is 1.54.